The van der Waals surface area contributed by atoms with Gasteiger partial charge in [0.1, 0.15) is 17.6 Å². The lowest BCUT2D eigenvalue weighted by molar-refractivity contribution is 0.0944. The topological polar surface area (TPSA) is 167 Å². The van der Waals surface area contributed by atoms with Crippen LogP contribution in [0, 0.1) is 37.9 Å². The molecule has 12 nitrogen and oxygen atoms in total. The number of nitrogens with one attached hydrogen (secondary N) is 4. The van der Waals surface area contributed by atoms with Crippen molar-refractivity contribution in [3.8, 4) is 34.1 Å². The zero-order chi connectivity index (χ0) is 49.4. The fourth-order valence-electron chi connectivity index (χ4n) is 9.09. The van der Waals surface area contributed by atoms with Crippen LogP contribution in [-0.4, -0.2) is 38.0 Å². The average molecular weight is 967 g/mol. The molecule has 1 atom stereocenters. The monoisotopic (exact) mass is 965 g/mol. The van der Waals surface area contributed by atoms with Crippen LogP contribution >= 0.6 is 23.2 Å². The Labute approximate surface area is 407 Å². The number of hydrogen-bond acceptors (Lipinski definition) is 6. The van der Waals surface area contributed by atoms with Gasteiger partial charge in [-0.05, 0) is 148 Å². The predicted octanol–water partition coefficient (Wildman–Crippen LogP) is 11.2. The van der Waals surface area contributed by atoms with Gasteiger partial charge in [0.15, 0.2) is 0 Å². The van der Waals surface area contributed by atoms with E-state index in [1.807, 2.05) is 97.6 Å². The van der Waals surface area contributed by atoms with Crippen molar-refractivity contribution in [2.75, 3.05) is 7.11 Å². The summed E-state index contributed by atoms with van der Waals surface area (Å²) >= 11 is 13.9. The fourth-order valence-corrected chi connectivity index (χ4v) is 9.69. The van der Waals surface area contributed by atoms with Crippen LogP contribution in [0.25, 0.3) is 44.1 Å². The van der Waals surface area contributed by atoms with Gasteiger partial charge in [-0.1, -0.05) is 41.4 Å². The number of methoxy groups -OCH3 is 1. The summed E-state index contributed by atoms with van der Waals surface area (Å²) in [7, 11) is 1.59. The molecule has 352 valence electrons. The van der Waals surface area contributed by atoms with Crippen LogP contribution < -0.4 is 26.5 Å². The molecule has 0 aliphatic rings. The summed E-state index contributed by atoms with van der Waals surface area (Å²) in [6.07, 6.45) is 4.55. The van der Waals surface area contributed by atoms with Gasteiger partial charge in [0.2, 0.25) is 0 Å². The van der Waals surface area contributed by atoms with Gasteiger partial charge >= 0.3 is 0 Å². The van der Waals surface area contributed by atoms with Gasteiger partial charge in [-0.15, -0.1) is 0 Å². The van der Waals surface area contributed by atoms with E-state index >= 15 is 0 Å². The normalized spacial score (nSPS) is 11.9. The van der Waals surface area contributed by atoms with Crippen LogP contribution in [0.3, 0.4) is 0 Å². The molecule has 0 aliphatic heterocycles. The lowest BCUT2D eigenvalue weighted by atomic mass is 9.97. The first kappa shape index (κ1) is 48.1. The highest BCUT2D eigenvalue weighted by molar-refractivity contribution is 6.37. The first-order valence-electron chi connectivity index (χ1n) is 22.5. The van der Waals surface area contributed by atoms with Crippen LogP contribution in [0.5, 0.6) is 5.75 Å². The van der Waals surface area contributed by atoms with Gasteiger partial charge in [-0.25, -0.2) is 4.39 Å². The Morgan fingerprint density at radius 1 is 0.739 bits per heavy atom. The van der Waals surface area contributed by atoms with Crippen molar-refractivity contribution >= 4 is 56.8 Å². The zero-order valence-electron chi connectivity index (χ0n) is 39.2. The SMILES string of the molecule is COc1cccc(-c2cc(C(=O)NCc3c(C)cc(C)[nH]c3=O)c3c(Cl)cn(C(C)CCc4cc(C)[nH]c(=O)c4CNC(=O)c4cc(-c5ccc(F)c(C#N)c5)cc5c4c(Cl)cn5C(C)C)c3c2)c1. The first-order chi connectivity index (χ1) is 33.0. The second-order valence-corrected chi connectivity index (χ2v) is 18.5. The van der Waals surface area contributed by atoms with Crippen LogP contribution in [0.1, 0.15) is 99.2 Å². The molecule has 0 bridgehead atoms. The van der Waals surface area contributed by atoms with Gasteiger partial charge in [-0.2, -0.15) is 5.26 Å². The molecular formula is C54H50Cl2FN7O5. The third kappa shape index (κ3) is 9.68. The standard InChI is InChI=1S/C54H50Cl2FN7O5/c1-28(2)63-26-44(55)49-40(20-37(21-47(49)63)34-13-14-46(57)38(17-34)23-58)52(66)60-25-43-35(16-31(5)62-54(43)68)12-11-32(6)64-27-45(56)50-41(51(65)59-24-42-29(3)15-30(4)61-53(42)67)19-36(22-48(50)64)33-9-8-10-39(18-33)69-7/h8-10,13-22,26-28,32H,11-12,24-25H2,1-7H3,(H,59,65)(H,60,66)(H,61,67)(H,62,68). The van der Waals surface area contributed by atoms with E-state index in [9.17, 15) is 28.8 Å². The number of H-pyrrole nitrogens is 2. The molecular weight excluding hydrogens is 917 g/mol. The van der Waals surface area contributed by atoms with Crippen LogP contribution in [0.2, 0.25) is 10.0 Å². The highest BCUT2D eigenvalue weighted by atomic mass is 35.5. The van der Waals surface area contributed by atoms with Gasteiger partial charge in [-0.3, -0.25) is 19.2 Å². The molecule has 4 aromatic heterocycles. The molecule has 0 saturated carbocycles. The maximum Gasteiger partial charge on any atom is 0.253 e. The molecule has 4 heterocycles. The van der Waals surface area contributed by atoms with E-state index in [1.165, 1.54) is 12.1 Å². The number of rotatable bonds is 14. The molecule has 69 heavy (non-hydrogen) atoms. The van der Waals surface area contributed by atoms with E-state index in [0.717, 1.165) is 27.9 Å². The Morgan fingerprint density at radius 3 is 1.90 bits per heavy atom. The highest BCUT2D eigenvalue weighted by Crippen LogP contribution is 2.38. The minimum absolute atomic E-state index is 0.00845. The Balaban J connectivity index is 1.10. The maximum absolute atomic E-state index is 14.4. The third-order valence-corrected chi connectivity index (χ3v) is 13.2. The first-order valence-corrected chi connectivity index (χ1v) is 23.2. The number of aryl methyl sites for hydroxylation is 4. The number of fused-ring (bicyclic) bond motifs is 2. The number of ether oxygens (including phenoxy) is 1. The van der Waals surface area contributed by atoms with E-state index in [1.54, 1.807) is 45.4 Å². The number of carbonyl (C=O) groups excluding carboxylic acids is 2. The molecule has 0 spiro atoms. The second kappa shape index (κ2) is 19.7. The lowest BCUT2D eigenvalue weighted by Gasteiger charge is -2.18. The highest BCUT2D eigenvalue weighted by Gasteiger charge is 2.24. The second-order valence-electron chi connectivity index (χ2n) is 17.7. The van der Waals surface area contributed by atoms with E-state index in [2.05, 4.69) is 20.6 Å². The van der Waals surface area contributed by atoms with Crippen molar-refractivity contribution in [3.05, 3.63) is 178 Å². The largest absolute Gasteiger partial charge is 0.497 e. The number of nitrogens with zero attached hydrogens (tertiary/aromatic N) is 3. The van der Waals surface area contributed by atoms with Crippen molar-refractivity contribution in [3.63, 3.8) is 0 Å². The Kier molecular flexibility index (Phi) is 13.7. The zero-order valence-corrected chi connectivity index (χ0v) is 40.7. The van der Waals surface area contributed by atoms with Crippen LogP contribution in [0.4, 0.5) is 4.39 Å². The van der Waals surface area contributed by atoms with Crippen molar-refractivity contribution in [1.82, 2.24) is 29.7 Å². The van der Waals surface area contributed by atoms with E-state index in [0.29, 0.717) is 84.0 Å². The fraction of sp³-hybridized carbons (Fsp3) is 0.241. The lowest BCUT2D eigenvalue weighted by Crippen LogP contribution is -2.28. The average Bonchev–Trinajstić information content (AvgIpc) is 3.85. The number of aromatic amines is 2. The molecule has 2 amide bonds. The van der Waals surface area contributed by atoms with Crippen molar-refractivity contribution < 1.29 is 18.7 Å². The smallest absolute Gasteiger partial charge is 0.253 e. The molecule has 1 unspecified atom stereocenters. The number of halogens is 3. The molecule has 4 N–H and O–H groups in total. The summed E-state index contributed by atoms with van der Waals surface area (Å²) in [6, 6.07) is 24.5. The van der Waals surface area contributed by atoms with Gasteiger partial charge < -0.3 is 34.5 Å². The summed E-state index contributed by atoms with van der Waals surface area (Å²) in [6.45, 7) is 11.4. The summed E-state index contributed by atoms with van der Waals surface area (Å²) in [5.74, 6) is -0.887. The van der Waals surface area contributed by atoms with Gasteiger partial charge in [0.25, 0.3) is 22.9 Å². The molecule has 0 radical (unpaired) electrons. The molecule has 8 rings (SSSR count). The Bertz CT molecular complexity index is 3520. The number of carbonyl (C=O) groups is 2. The third-order valence-electron chi connectivity index (χ3n) is 12.7. The van der Waals surface area contributed by atoms with Crippen molar-refractivity contribution in [2.45, 2.75) is 79.6 Å². The number of aromatic nitrogens is 4. The minimum Gasteiger partial charge on any atom is -0.497 e. The molecule has 4 aromatic carbocycles. The van der Waals surface area contributed by atoms with E-state index in [-0.39, 0.29) is 47.4 Å². The van der Waals surface area contributed by atoms with Gasteiger partial charge in [0, 0.05) is 70.9 Å². The quantitative estimate of drug-likeness (QED) is 0.0846. The molecule has 0 aliphatic carbocycles. The number of hydrogen-bond donors (Lipinski definition) is 4. The number of amides is 2. The minimum atomic E-state index is -0.648. The Hall–Kier alpha value is -7.40. The summed E-state index contributed by atoms with van der Waals surface area (Å²) < 4.78 is 23.9. The molecule has 0 saturated heterocycles. The number of pyridine rings is 2. The number of nitriles is 1. The molecule has 15 heteroatoms. The van der Waals surface area contributed by atoms with E-state index in [4.69, 9.17) is 27.9 Å². The van der Waals surface area contributed by atoms with Crippen molar-refractivity contribution in [2.24, 2.45) is 0 Å². The Morgan fingerprint density at radius 2 is 1.30 bits per heavy atom. The van der Waals surface area contributed by atoms with Gasteiger partial charge in [0.05, 0.1) is 44.9 Å². The van der Waals surface area contributed by atoms with Crippen LogP contribution in [-0.2, 0) is 19.5 Å². The van der Waals surface area contributed by atoms with Crippen LogP contribution in [0.15, 0.2) is 101 Å². The summed E-state index contributed by atoms with van der Waals surface area (Å²) in [5.41, 5.74) is 7.65. The van der Waals surface area contributed by atoms with E-state index < -0.39 is 17.6 Å². The predicted molar refractivity (Wildman–Crippen MR) is 270 cm³/mol. The molecule has 8 aromatic rings. The number of benzene rings is 4. The van der Waals surface area contributed by atoms with Crippen molar-refractivity contribution in [1.29, 1.82) is 5.26 Å². The summed E-state index contributed by atoms with van der Waals surface area (Å²) in [4.78, 5) is 60.8. The summed E-state index contributed by atoms with van der Waals surface area (Å²) in [5, 5.41) is 17.3. The molecule has 0 fully saturated rings. The maximum atomic E-state index is 14.4.